The molecule has 0 aliphatic carbocycles. The minimum absolute atomic E-state index is 0.00660. The Morgan fingerprint density at radius 3 is 0.934 bits per heavy atom. The maximum Gasteiger partial charge on any atom is 0.305 e. The van der Waals surface area contributed by atoms with E-state index in [0.29, 0.717) is 25.9 Å². The van der Waals surface area contributed by atoms with Crippen molar-refractivity contribution in [1.29, 1.82) is 0 Å². The van der Waals surface area contributed by atoms with Gasteiger partial charge in [-0.15, -0.1) is 0 Å². The fourth-order valence-corrected chi connectivity index (χ4v) is 11.2. The number of hydrogen-bond donors (Lipinski definition) is 3. The number of aliphatic hydroxyl groups is 2. The lowest BCUT2D eigenvalue weighted by molar-refractivity contribution is -0.143. The van der Waals surface area contributed by atoms with Crippen molar-refractivity contribution in [3.63, 3.8) is 0 Å². The minimum Gasteiger partial charge on any atom is -0.466 e. The van der Waals surface area contributed by atoms with Crippen LogP contribution in [0.3, 0.4) is 0 Å². The summed E-state index contributed by atoms with van der Waals surface area (Å²) in [6.45, 7) is 4.98. The molecule has 0 fully saturated rings. The Morgan fingerprint density at radius 1 is 0.355 bits per heavy atom. The van der Waals surface area contributed by atoms with Crippen LogP contribution in [0.15, 0.2) is 12.2 Å². The minimum atomic E-state index is -0.665. The number of amides is 1. The summed E-state index contributed by atoms with van der Waals surface area (Å²) in [5.74, 6) is -0.0237. The SMILES string of the molecule is CCCCCCCC/C=C\CCCCCCCC(=O)OCCCCCCCCCCCCCCCCCCCCCCCCC(=O)NC(CO)C(O)CCCCCCCCCCCCCCCCCCCCCCCC. The Morgan fingerprint density at radius 2 is 0.618 bits per heavy atom. The molecular formula is C70H137NO5. The van der Waals surface area contributed by atoms with E-state index in [0.717, 1.165) is 44.9 Å². The number of esters is 1. The van der Waals surface area contributed by atoms with Crippen LogP contribution in [-0.4, -0.2) is 47.4 Å². The lowest BCUT2D eigenvalue weighted by Gasteiger charge is -2.22. The highest BCUT2D eigenvalue weighted by Gasteiger charge is 2.20. The van der Waals surface area contributed by atoms with Gasteiger partial charge in [0.15, 0.2) is 0 Å². The molecule has 0 aliphatic heterocycles. The summed E-state index contributed by atoms with van der Waals surface area (Å²) < 4.78 is 5.49. The molecule has 0 heterocycles. The van der Waals surface area contributed by atoms with E-state index < -0.39 is 12.1 Å². The Balaban J connectivity index is 3.38. The van der Waals surface area contributed by atoms with Gasteiger partial charge in [-0.1, -0.05) is 347 Å². The molecule has 0 aromatic rings. The molecule has 0 rings (SSSR count). The number of aliphatic hydroxyl groups excluding tert-OH is 2. The molecule has 0 aliphatic rings. The summed E-state index contributed by atoms with van der Waals surface area (Å²) in [6, 6.07) is -0.542. The van der Waals surface area contributed by atoms with Gasteiger partial charge in [0, 0.05) is 12.8 Å². The Kier molecular flexibility index (Phi) is 64.9. The number of allylic oxidation sites excluding steroid dienone is 2. The predicted molar refractivity (Wildman–Crippen MR) is 333 cm³/mol. The van der Waals surface area contributed by atoms with Crippen LogP contribution in [0.25, 0.3) is 0 Å². The lowest BCUT2D eigenvalue weighted by Crippen LogP contribution is -2.45. The zero-order valence-electron chi connectivity index (χ0n) is 51.8. The molecule has 6 heteroatoms. The molecule has 0 saturated heterocycles. The van der Waals surface area contributed by atoms with E-state index in [1.807, 2.05) is 0 Å². The topological polar surface area (TPSA) is 95.9 Å². The highest BCUT2D eigenvalue weighted by atomic mass is 16.5. The summed E-state index contributed by atoms with van der Waals surface area (Å²) in [7, 11) is 0. The summed E-state index contributed by atoms with van der Waals surface area (Å²) in [6.07, 6.45) is 81.0. The van der Waals surface area contributed by atoms with Crippen molar-refractivity contribution >= 4 is 11.9 Å². The van der Waals surface area contributed by atoms with E-state index in [1.54, 1.807) is 0 Å². The largest absolute Gasteiger partial charge is 0.466 e. The quantitative estimate of drug-likeness (QED) is 0.0320. The second kappa shape index (κ2) is 66.1. The maximum absolute atomic E-state index is 12.5. The van der Waals surface area contributed by atoms with E-state index in [-0.39, 0.29) is 18.5 Å². The van der Waals surface area contributed by atoms with E-state index in [4.69, 9.17) is 4.74 Å². The normalized spacial score (nSPS) is 12.5. The molecule has 3 N–H and O–H groups in total. The number of nitrogens with one attached hydrogen (secondary N) is 1. The smallest absolute Gasteiger partial charge is 0.305 e. The average molecular weight is 1070 g/mol. The fourth-order valence-electron chi connectivity index (χ4n) is 11.2. The second-order valence-electron chi connectivity index (χ2n) is 24.2. The zero-order valence-corrected chi connectivity index (χ0v) is 51.8. The van der Waals surface area contributed by atoms with Crippen LogP contribution in [0, 0.1) is 0 Å². The highest BCUT2D eigenvalue weighted by Crippen LogP contribution is 2.19. The first kappa shape index (κ1) is 74.6. The van der Waals surface area contributed by atoms with E-state index in [2.05, 4.69) is 31.3 Å². The van der Waals surface area contributed by atoms with E-state index in [9.17, 15) is 19.8 Å². The standard InChI is InChI=1S/C70H137NO5/c1-3-5-7-9-11-13-15-17-19-20-21-22-25-28-31-35-38-42-46-50-54-58-62-68(73)67(66-72)71-69(74)63-59-55-51-47-43-39-36-32-29-26-23-24-27-30-33-37-41-45-49-53-57-61-65-76-70(75)64-60-56-52-48-44-40-34-18-16-14-12-10-8-6-4-2/h18,34,67-68,72-73H,3-17,19-33,35-66H2,1-2H3,(H,71,74)/b34-18-. The van der Waals surface area contributed by atoms with Gasteiger partial charge >= 0.3 is 5.97 Å². The van der Waals surface area contributed by atoms with Gasteiger partial charge in [-0.3, -0.25) is 9.59 Å². The van der Waals surface area contributed by atoms with Gasteiger partial charge in [-0.05, 0) is 51.4 Å². The van der Waals surface area contributed by atoms with Crippen LogP contribution < -0.4 is 5.32 Å². The first-order valence-electron chi connectivity index (χ1n) is 34.9. The van der Waals surface area contributed by atoms with Crippen LogP contribution >= 0.6 is 0 Å². The number of hydrogen-bond acceptors (Lipinski definition) is 5. The molecule has 2 unspecified atom stereocenters. The Bertz CT molecular complexity index is 1140. The van der Waals surface area contributed by atoms with Crippen LogP contribution in [0.4, 0.5) is 0 Å². The van der Waals surface area contributed by atoms with Crippen molar-refractivity contribution in [3.8, 4) is 0 Å². The predicted octanol–water partition coefficient (Wildman–Crippen LogP) is 22.4. The van der Waals surface area contributed by atoms with Gasteiger partial charge in [-0.2, -0.15) is 0 Å². The van der Waals surface area contributed by atoms with Crippen LogP contribution in [0.5, 0.6) is 0 Å². The van der Waals surface area contributed by atoms with Gasteiger partial charge in [0.2, 0.25) is 5.91 Å². The zero-order chi connectivity index (χ0) is 55.0. The van der Waals surface area contributed by atoms with E-state index in [1.165, 1.54) is 321 Å². The van der Waals surface area contributed by atoms with Crippen LogP contribution in [0.2, 0.25) is 0 Å². The summed E-state index contributed by atoms with van der Waals surface area (Å²) in [4.78, 5) is 24.6. The van der Waals surface area contributed by atoms with Crippen molar-refractivity contribution in [2.75, 3.05) is 13.2 Å². The van der Waals surface area contributed by atoms with Crippen molar-refractivity contribution < 1.29 is 24.5 Å². The number of ether oxygens (including phenoxy) is 1. The maximum atomic E-state index is 12.5. The first-order chi connectivity index (χ1) is 37.5. The van der Waals surface area contributed by atoms with Crippen molar-refractivity contribution in [2.45, 2.75) is 411 Å². The summed E-state index contributed by atoms with van der Waals surface area (Å²) in [5.41, 5.74) is 0. The molecule has 0 radical (unpaired) electrons. The van der Waals surface area contributed by atoms with Gasteiger partial charge in [0.05, 0.1) is 25.4 Å². The number of carbonyl (C=O) groups is 2. The lowest BCUT2D eigenvalue weighted by atomic mass is 10.0. The molecule has 2 atom stereocenters. The summed E-state index contributed by atoms with van der Waals surface area (Å²) >= 11 is 0. The molecular weight excluding hydrogens is 935 g/mol. The molecule has 1 amide bonds. The molecule has 0 aromatic carbocycles. The molecule has 0 saturated carbocycles. The third kappa shape index (κ3) is 61.8. The molecule has 0 aromatic heterocycles. The van der Waals surface area contributed by atoms with Gasteiger partial charge in [0.25, 0.3) is 0 Å². The average Bonchev–Trinajstić information content (AvgIpc) is 3.42. The van der Waals surface area contributed by atoms with Gasteiger partial charge in [0.1, 0.15) is 0 Å². The number of carbonyl (C=O) groups excluding carboxylic acids is 2. The molecule has 0 bridgehead atoms. The Hall–Kier alpha value is -1.40. The van der Waals surface area contributed by atoms with Gasteiger partial charge in [-0.25, -0.2) is 0 Å². The molecule has 76 heavy (non-hydrogen) atoms. The number of rotatable bonds is 66. The van der Waals surface area contributed by atoms with E-state index >= 15 is 0 Å². The van der Waals surface area contributed by atoms with Crippen molar-refractivity contribution in [3.05, 3.63) is 12.2 Å². The fraction of sp³-hybridized carbons (Fsp3) is 0.943. The third-order valence-electron chi connectivity index (χ3n) is 16.6. The summed E-state index contributed by atoms with van der Waals surface area (Å²) in [5, 5.41) is 23.4. The molecule has 452 valence electrons. The monoisotopic (exact) mass is 1070 g/mol. The van der Waals surface area contributed by atoms with Crippen LogP contribution in [0.1, 0.15) is 399 Å². The first-order valence-corrected chi connectivity index (χ1v) is 34.9. The molecule has 6 nitrogen and oxygen atoms in total. The van der Waals surface area contributed by atoms with Crippen molar-refractivity contribution in [1.82, 2.24) is 5.32 Å². The Labute approximate surface area is 476 Å². The second-order valence-corrected chi connectivity index (χ2v) is 24.2. The highest BCUT2D eigenvalue weighted by molar-refractivity contribution is 5.76. The van der Waals surface area contributed by atoms with Gasteiger partial charge < -0.3 is 20.3 Å². The molecule has 0 spiro atoms. The number of unbranched alkanes of at least 4 members (excludes halogenated alkanes) is 53. The van der Waals surface area contributed by atoms with Crippen LogP contribution in [-0.2, 0) is 14.3 Å². The third-order valence-corrected chi connectivity index (χ3v) is 16.6. The van der Waals surface area contributed by atoms with Crippen molar-refractivity contribution in [2.24, 2.45) is 0 Å².